The fourth-order valence-corrected chi connectivity index (χ4v) is 9.05. The molecule has 4 fully saturated rings. The fraction of sp³-hybridized carbons (Fsp3) is 0.567. The smallest absolute Gasteiger partial charge is 0.339 e. The average molecular weight is 540 g/mol. The van der Waals surface area contributed by atoms with Gasteiger partial charge in [-0.3, -0.25) is 9.59 Å². The Kier molecular flexibility index (Phi) is 7.14. The van der Waals surface area contributed by atoms with E-state index in [0.717, 1.165) is 55.6 Å². The molecule has 1 amide bonds. The molecular weight excluding hydrogens is 502 g/mol. The normalized spacial score (nSPS) is 31.0. The first-order valence-electron chi connectivity index (χ1n) is 13.7. The number of ketones is 1. The van der Waals surface area contributed by atoms with Gasteiger partial charge in [0.2, 0.25) is 5.91 Å². The molecule has 0 aromatic heterocycles. The van der Waals surface area contributed by atoms with E-state index in [1.807, 2.05) is 6.92 Å². The fourth-order valence-electron chi connectivity index (χ4n) is 7.48. The van der Waals surface area contributed by atoms with Gasteiger partial charge in [0, 0.05) is 22.0 Å². The summed E-state index contributed by atoms with van der Waals surface area (Å²) in [6.45, 7) is 6.39. The molecule has 8 heteroatoms. The molecule has 4 saturated carbocycles. The van der Waals surface area contributed by atoms with Crippen molar-refractivity contribution < 1.29 is 29.7 Å². The molecule has 5 aliphatic carbocycles. The van der Waals surface area contributed by atoms with E-state index < -0.39 is 34.4 Å². The van der Waals surface area contributed by atoms with Crippen LogP contribution in [0.25, 0.3) is 0 Å². The van der Waals surface area contributed by atoms with Gasteiger partial charge in [-0.25, -0.2) is 4.79 Å². The van der Waals surface area contributed by atoms with Crippen molar-refractivity contribution in [3.05, 3.63) is 40.8 Å². The van der Waals surface area contributed by atoms with Gasteiger partial charge in [0.1, 0.15) is 17.0 Å². The second-order valence-electron chi connectivity index (χ2n) is 11.9. The lowest BCUT2D eigenvalue weighted by Gasteiger charge is -2.60. The van der Waals surface area contributed by atoms with E-state index in [2.05, 4.69) is 18.0 Å². The van der Waals surface area contributed by atoms with Gasteiger partial charge >= 0.3 is 5.97 Å². The molecule has 0 radical (unpaired) electrons. The molecule has 204 valence electrons. The number of hydrogen-bond donors (Lipinski definition) is 4. The maximum atomic E-state index is 14.1. The molecule has 1 aromatic rings. The molecule has 1 aromatic carbocycles. The Balaban J connectivity index is 1.39. The molecule has 1 spiro atoms. The van der Waals surface area contributed by atoms with Gasteiger partial charge in [0.15, 0.2) is 11.5 Å². The monoisotopic (exact) mass is 539 g/mol. The summed E-state index contributed by atoms with van der Waals surface area (Å²) in [5.74, 6) is -2.29. The second-order valence-corrected chi connectivity index (χ2v) is 13.3. The highest BCUT2D eigenvalue weighted by Gasteiger charge is 2.60. The highest BCUT2D eigenvalue weighted by atomic mass is 32.2. The maximum Gasteiger partial charge on any atom is 0.339 e. The third kappa shape index (κ3) is 4.65. The number of fused-ring (bicyclic) bond motifs is 2. The van der Waals surface area contributed by atoms with Crippen LogP contribution in [0.1, 0.15) is 87.9 Å². The number of Topliss-reactive ketones (excluding diaryl/α,β-unsaturated/α-hetero) is 1. The van der Waals surface area contributed by atoms with Gasteiger partial charge in [-0.1, -0.05) is 44.4 Å². The minimum Gasteiger partial charge on any atom is -0.506 e. The quantitative estimate of drug-likeness (QED) is 0.233. The molecule has 0 aliphatic heterocycles. The molecule has 4 atom stereocenters. The van der Waals surface area contributed by atoms with Crippen LogP contribution in [0.4, 0.5) is 5.69 Å². The average Bonchev–Trinajstić information content (AvgIpc) is 2.88. The molecule has 0 heterocycles. The van der Waals surface area contributed by atoms with Crippen molar-refractivity contribution in [2.45, 2.75) is 82.8 Å². The van der Waals surface area contributed by atoms with Crippen molar-refractivity contribution in [3.63, 3.8) is 0 Å². The number of carbonyl (C=O) groups is 3. The largest absolute Gasteiger partial charge is 0.506 e. The standard InChI is InChI=1S/C30H37NO6S/c1-17-15-30-13-10-18(17)14-23(30)29(2,27(35)22(16-30)38-19-6-4-3-5-7-19)12-11-24(33)31-25-21(32)9-8-20(26(25)34)28(36)37/h8-9,16,18-19,23,32,34H,1,3-7,10-15H2,2H3,(H,31,33)(H,36,37)/t18-,23-,29-,30+/m0/s1. The molecule has 4 N–H and O–H groups in total. The first kappa shape index (κ1) is 26.9. The highest BCUT2D eigenvalue weighted by molar-refractivity contribution is 8.04. The number of carbonyl (C=O) groups excluding carboxylic acids is 2. The summed E-state index contributed by atoms with van der Waals surface area (Å²) < 4.78 is 0. The molecular formula is C30H37NO6S. The number of carboxylic acids is 1. The molecule has 0 saturated heterocycles. The number of aromatic hydroxyl groups is 2. The number of hydrogen-bond acceptors (Lipinski definition) is 6. The van der Waals surface area contributed by atoms with Crippen LogP contribution in [0.3, 0.4) is 0 Å². The molecule has 38 heavy (non-hydrogen) atoms. The lowest BCUT2D eigenvalue weighted by atomic mass is 9.44. The van der Waals surface area contributed by atoms with E-state index in [1.165, 1.54) is 24.8 Å². The molecule has 6 rings (SSSR count). The molecule has 2 bridgehead atoms. The van der Waals surface area contributed by atoms with Gasteiger partial charge < -0.3 is 20.6 Å². The predicted molar refractivity (Wildman–Crippen MR) is 147 cm³/mol. The minimum absolute atomic E-state index is 0.0119. The van der Waals surface area contributed by atoms with E-state index in [9.17, 15) is 29.7 Å². The number of thioether (sulfide) groups is 1. The molecule has 0 unspecified atom stereocenters. The number of phenolic OH excluding ortho intramolecular Hbond substituents is 1. The zero-order chi connectivity index (χ0) is 27.2. The number of anilines is 1. The first-order chi connectivity index (χ1) is 18.0. The Labute approximate surface area is 227 Å². The van der Waals surface area contributed by atoms with Crippen molar-refractivity contribution in [1.82, 2.24) is 0 Å². The zero-order valence-corrected chi connectivity index (χ0v) is 22.7. The number of phenols is 2. The molecule has 7 nitrogen and oxygen atoms in total. The summed E-state index contributed by atoms with van der Waals surface area (Å²) in [5.41, 5.74) is -0.274. The van der Waals surface area contributed by atoms with E-state index in [1.54, 1.807) is 11.8 Å². The van der Waals surface area contributed by atoms with Gasteiger partial charge in [-0.15, -0.1) is 11.8 Å². The van der Waals surface area contributed by atoms with Crippen molar-refractivity contribution in [2.75, 3.05) is 5.32 Å². The Morgan fingerprint density at radius 2 is 1.89 bits per heavy atom. The van der Waals surface area contributed by atoms with Crippen LogP contribution in [0.15, 0.2) is 35.3 Å². The van der Waals surface area contributed by atoms with E-state index in [4.69, 9.17) is 0 Å². The zero-order valence-electron chi connectivity index (χ0n) is 21.9. The van der Waals surface area contributed by atoms with Crippen LogP contribution in [0.2, 0.25) is 0 Å². The summed E-state index contributed by atoms with van der Waals surface area (Å²) in [6.07, 6.45) is 12.5. The SMILES string of the molecule is C=C1C[C@]23C=C(SC4CCCCC4)C(=O)[C@@](C)(CCC(=O)Nc4c(O)ccc(C(=O)O)c4O)[C@@H]2C[C@@H]1CC3. The summed E-state index contributed by atoms with van der Waals surface area (Å²) in [4.78, 5) is 39.4. The van der Waals surface area contributed by atoms with Gasteiger partial charge in [0.25, 0.3) is 0 Å². The summed E-state index contributed by atoms with van der Waals surface area (Å²) in [5, 5.41) is 32.7. The van der Waals surface area contributed by atoms with Crippen molar-refractivity contribution in [2.24, 2.45) is 22.7 Å². The Morgan fingerprint density at radius 3 is 2.58 bits per heavy atom. The number of rotatable bonds is 7. The Morgan fingerprint density at radius 1 is 1.16 bits per heavy atom. The second kappa shape index (κ2) is 10.1. The number of aromatic carboxylic acids is 1. The molecule has 5 aliphatic rings. The van der Waals surface area contributed by atoms with Crippen LogP contribution >= 0.6 is 11.8 Å². The van der Waals surface area contributed by atoms with E-state index in [-0.39, 0.29) is 29.2 Å². The lowest BCUT2D eigenvalue weighted by Crippen LogP contribution is -2.55. The van der Waals surface area contributed by atoms with Crippen LogP contribution in [0, 0.1) is 22.7 Å². The number of allylic oxidation sites excluding steroid dienone is 3. The Hall–Kier alpha value is -2.74. The van der Waals surface area contributed by atoms with Crippen LogP contribution in [0.5, 0.6) is 11.5 Å². The number of nitrogens with one attached hydrogen (secondary N) is 1. The third-order valence-corrected chi connectivity index (χ3v) is 11.0. The third-order valence-electron chi connectivity index (χ3n) is 9.60. The minimum atomic E-state index is -1.37. The summed E-state index contributed by atoms with van der Waals surface area (Å²) in [6, 6.07) is 2.20. The van der Waals surface area contributed by atoms with Gasteiger partial charge in [-0.2, -0.15) is 0 Å². The summed E-state index contributed by atoms with van der Waals surface area (Å²) >= 11 is 1.74. The van der Waals surface area contributed by atoms with Crippen LogP contribution < -0.4 is 5.32 Å². The first-order valence-corrected chi connectivity index (χ1v) is 14.6. The topological polar surface area (TPSA) is 124 Å². The van der Waals surface area contributed by atoms with Crippen LogP contribution in [-0.4, -0.2) is 38.2 Å². The van der Waals surface area contributed by atoms with Crippen molar-refractivity contribution >= 4 is 35.1 Å². The predicted octanol–water partition coefficient (Wildman–Crippen LogP) is 6.42. The van der Waals surface area contributed by atoms with Crippen LogP contribution in [-0.2, 0) is 9.59 Å². The number of benzene rings is 1. The number of carboxylic acid groups (broad SMARTS) is 1. The highest BCUT2D eigenvalue weighted by Crippen LogP contribution is 2.66. The van der Waals surface area contributed by atoms with Gasteiger partial charge in [-0.05, 0) is 74.3 Å². The van der Waals surface area contributed by atoms with E-state index >= 15 is 0 Å². The number of amides is 1. The summed E-state index contributed by atoms with van der Waals surface area (Å²) in [7, 11) is 0. The Bertz CT molecular complexity index is 1220. The van der Waals surface area contributed by atoms with Crippen molar-refractivity contribution in [3.8, 4) is 11.5 Å². The van der Waals surface area contributed by atoms with Gasteiger partial charge in [0.05, 0.1) is 0 Å². The lowest BCUT2D eigenvalue weighted by molar-refractivity contribution is -0.136. The van der Waals surface area contributed by atoms with Crippen molar-refractivity contribution in [1.29, 1.82) is 0 Å². The van der Waals surface area contributed by atoms with E-state index in [0.29, 0.717) is 17.6 Å². The maximum absolute atomic E-state index is 14.1.